The van der Waals surface area contributed by atoms with Gasteiger partial charge in [0, 0.05) is 25.7 Å². The average molecular weight is 365 g/mol. The SMILES string of the molecule is COc1cc(S(=O)(=O)N(C)C)ccc1-c1cn2[nH]c(=O)[nH]c(=O)c2n1. The molecule has 0 bridgehead atoms. The largest absolute Gasteiger partial charge is 0.496 e. The summed E-state index contributed by atoms with van der Waals surface area (Å²) in [5, 5.41) is 2.41. The molecule has 2 heterocycles. The van der Waals surface area contributed by atoms with Gasteiger partial charge in [-0.3, -0.25) is 9.78 Å². The minimum Gasteiger partial charge on any atom is -0.496 e. The van der Waals surface area contributed by atoms with Crippen LogP contribution < -0.4 is 16.0 Å². The molecule has 0 aliphatic heterocycles. The van der Waals surface area contributed by atoms with E-state index in [1.54, 1.807) is 0 Å². The highest BCUT2D eigenvalue weighted by atomic mass is 32.2. The lowest BCUT2D eigenvalue weighted by Crippen LogP contribution is -2.25. The summed E-state index contributed by atoms with van der Waals surface area (Å²) in [7, 11) is 0.640. The van der Waals surface area contributed by atoms with Crippen LogP contribution >= 0.6 is 0 Å². The molecule has 0 amide bonds. The van der Waals surface area contributed by atoms with Crippen LogP contribution in [0.1, 0.15) is 0 Å². The van der Waals surface area contributed by atoms with E-state index in [4.69, 9.17) is 4.74 Å². The van der Waals surface area contributed by atoms with Gasteiger partial charge in [-0.05, 0) is 12.1 Å². The van der Waals surface area contributed by atoms with Crippen LogP contribution in [0, 0.1) is 0 Å². The van der Waals surface area contributed by atoms with Crippen LogP contribution in [0.25, 0.3) is 16.9 Å². The van der Waals surface area contributed by atoms with Crippen molar-refractivity contribution < 1.29 is 13.2 Å². The Morgan fingerprint density at radius 1 is 1.24 bits per heavy atom. The van der Waals surface area contributed by atoms with Crippen molar-refractivity contribution in [1.29, 1.82) is 0 Å². The number of nitrogens with zero attached hydrogens (tertiary/aromatic N) is 3. The van der Waals surface area contributed by atoms with E-state index >= 15 is 0 Å². The van der Waals surface area contributed by atoms with Gasteiger partial charge in [0.05, 0.1) is 23.9 Å². The molecule has 0 saturated heterocycles. The number of hydrogen-bond donors (Lipinski definition) is 2. The third-order valence-corrected chi connectivity index (χ3v) is 5.40. The third-order valence-electron chi connectivity index (χ3n) is 3.59. The lowest BCUT2D eigenvalue weighted by atomic mass is 10.1. The maximum atomic E-state index is 12.2. The van der Waals surface area contributed by atoms with Crippen LogP contribution in [0.15, 0.2) is 38.9 Å². The summed E-state index contributed by atoms with van der Waals surface area (Å²) < 4.78 is 32.0. The number of benzene rings is 1. The van der Waals surface area contributed by atoms with Crippen molar-refractivity contribution in [2.24, 2.45) is 0 Å². The zero-order valence-corrected chi connectivity index (χ0v) is 14.4. The summed E-state index contributed by atoms with van der Waals surface area (Å²) in [6.07, 6.45) is 1.45. The molecule has 0 saturated carbocycles. The average Bonchev–Trinajstić information content (AvgIpc) is 2.98. The molecule has 1 aromatic carbocycles. The van der Waals surface area contributed by atoms with Gasteiger partial charge in [-0.25, -0.2) is 32.1 Å². The second-order valence-electron chi connectivity index (χ2n) is 5.36. The van der Waals surface area contributed by atoms with Gasteiger partial charge in [-0.1, -0.05) is 0 Å². The van der Waals surface area contributed by atoms with Gasteiger partial charge in [-0.15, -0.1) is 0 Å². The molecule has 132 valence electrons. The van der Waals surface area contributed by atoms with Crippen LogP contribution in [0.5, 0.6) is 5.75 Å². The van der Waals surface area contributed by atoms with E-state index in [2.05, 4.69) is 15.1 Å². The highest BCUT2D eigenvalue weighted by Gasteiger charge is 2.20. The molecule has 3 aromatic rings. The molecule has 2 N–H and O–H groups in total. The Bertz CT molecular complexity index is 1170. The summed E-state index contributed by atoms with van der Waals surface area (Å²) in [6.45, 7) is 0. The molecule has 0 aliphatic carbocycles. The third kappa shape index (κ3) is 2.83. The second kappa shape index (κ2) is 5.86. The van der Waals surface area contributed by atoms with E-state index in [-0.39, 0.29) is 16.3 Å². The number of H-pyrrole nitrogens is 2. The molecule has 0 spiro atoms. The fourth-order valence-corrected chi connectivity index (χ4v) is 3.22. The van der Waals surface area contributed by atoms with E-state index in [9.17, 15) is 18.0 Å². The predicted octanol–water partition coefficient (Wildman–Crippen LogP) is -0.363. The molecule has 0 aliphatic rings. The maximum Gasteiger partial charge on any atom is 0.340 e. The van der Waals surface area contributed by atoms with E-state index in [0.717, 1.165) is 4.31 Å². The first-order valence-corrected chi connectivity index (χ1v) is 8.50. The molecule has 0 fully saturated rings. The summed E-state index contributed by atoms with van der Waals surface area (Å²) in [5.41, 5.74) is -0.481. The van der Waals surface area contributed by atoms with Crippen LogP contribution in [0.4, 0.5) is 0 Å². The molecule has 0 radical (unpaired) electrons. The van der Waals surface area contributed by atoms with Gasteiger partial charge in [0.25, 0.3) is 5.56 Å². The minimum atomic E-state index is -3.62. The van der Waals surface area contributed by atoms with Gasteiger partial charge in [0.2, 0.25) is 15.7 Å². The fourth-order valence-electron chi connectivity index (χ4n) is 2.31. The predicted molar refractivity (Wildman–Crippen MR) is 89.3 cm³/mol. The molecule has 2 aromatic heterocycles. The number of sulfonamides is 1. The zero-order valence-electron chi connectivity index (χ0n) is 13.6. The molecule has 0 atom stereocenters. The quantitative estimate of drug-likeness (QED) is 0.649. The van der Waals surface area contributed by atoms with Gasteiger partial charge in [0.15, 0.2) is 0 Å². The highest BCUT2D eigenvalue weighted by molar-refractivity contribution is 7.89. The van der Waals surface area contributed by atoms with E-state index in [0.29, 0.717) is 11.3 Å². The normalized spacial score (nSPS) is 12.0. The Kier molecular flexibility index (Phi) is 3.97. The lowest BCUT2D eigenvalue weighted by Gasteiger charge is -2.13. The molecule has 11 heteroatoms. The summed E-state index contributed by atoms with van der Waals surface area (Å²) in [4.78, 5) is 29.4. The summed E-state index contributed by atoms with van der Waals surface area (Å²) in [6, 6.07) is 4.33. The number of hydrogen-bond acceptors (Lipinski definition) is 6. The first kappa shape index (κ1) is 16.9. The number of rotatable bonds is 4. The van der Waals surface area contributed by atoms with E-state index in [1.807, 2.05) is 0 Å². The molecule has 25 heavy (non-hydrogen) atoms. The van der Waals surface area contributed by atoms with Crippen LogP contribution in [-0.4, -0.2) is 53.5 Å². The number of fused-ring (bicyclic) bond motifs is 1. The van der Waals surface area contributed by atoms with Crippen molar-refractivity contribution in [3.8, 4) is 17.0 Å². The second-order valence-corrected chi connectivity index (χ2v) is 7.52. The number of nitrogens with one attached hydrogen (secondary N) is 2. The highest BCUT2D eigenvalue weighted by Crippen LogP contribution is 2.31. The molecule has 3 rings (SSSR count). The van der Waals surface area contributed by atoms with Gasteiger partial charge >= 0.3 is 5.69 Å². The molecule has 0 unspecified atom stereocenters. The van der Waals surface area contributed by atoms with E-state index < -0.39 is 21.3 Å². The van der Waals surface area contributed by atoms with Gasteiger partial charge in [0.1, 0.15) is 5.75 Å². The Balaban J connectivity index is 2.20. The van der Waals surface area contributed by atoms with Crippen LogP contribution in [-0.2, 0) is 10.0 Å². The van der Waals surface area contributed by atoms with Gasteiger partial charge in [-0.2, -0.15) is 0 Å². The van der Waals surface area contributed by atoms with Crippen molar-refractivity contribution >= 4 is 15.7 Å². The number of methoxy groups -OCH3 is 1. The maximum absolute atomic E-state index is 12.2. The van der Waals surface area contributed by atoms with Crippen LogP contribution in [0.3, 0.4) is 0 Å². The molecular formula is C14H15N5O5S. The first-order valence-electron chi connectivity index (χ1n) is 7.06. The number of aromatic amines is 2. The Labute approximate surface area is 141 Å². The standard InChI is InChI=1S/C14H15N5O5S/c1-18(2)25(22,23)8-4-5-9(11(6-8)24-3)10-7-19-12(15-10)13(20)16-14(21)17-19/h4-7H,1-3H3,(H2,16,17,20,21). The first-order chi connectivity index (χ1) is 11.7. The van der Waals surface area contributed by atoms with E-state index in [1.165, 1.54) is 50.1 Å². The lowest BCUT2D eigenvalue weighted by molar-refractivity contribution is 0.414. The van der Waals surface area contributed by atoms with Gasteiger partial charge < -0.3 is 4.74 Å². The molecular weight excluding hydrogens is 350 g/mol. The molecule has 10 nitrogen and oxygen atoms in total. The van der Waals surface area contributed by atoms with Crippen molar-refractivity contribution in [3.63, 3.8) is 0 Å². The summed E-state index contributed by atoms with van der Waals surface area (Å²) in [5.74, 6) is 0.269. The topological polar surface area (TPSA) is 130 Å². The number of aromatic nitrogens is 4. The number of ether oxygens (including phenoxy) is 1. The Morgan fingerprint density at radius 2 is 1.96 bits per heavy atom. The number of imidazole rings is 1. The Morgan fingerprint density at radius 3 is 2.60 bits per heavy atom. The minimum absolute atomic E-state index is 0.00152. The van der Waals surface area contributed by atoms with Crippen molar-refractivity contribution in [1.82, 2.24) is 23.9 Å². The van der Waals surface area contributed by atoms with Crippen LogP contribution in [0.2, 0.25) is 0 Å². The summed E-state index contributed by atoms with van der Waals surface area (Å²) >= 11 is 0. The monoisotopic (exact) mass is 365 g/mol. The van der Waals surface area contributed by atoms with Crippen molar-refractivity contribution in [3.05, 3.63) is 45.2 Å². The Hall–Kier alpha value is -2.92. The smallest absolute Gasteiger partial charge is 0.340 e. The van der Waals surface area contributed by atoms with Crippen molar-refractivity contribution in [2.45, 2.75) is 4.90 Å². The van der Waals surface area contributed by atoms with Crippen molar-refractivity contribution in [2.75, 3.05) is 21.2 Å². The fraction of sp³-hybridized carbons (Fsp3) is 0.214. The zero-order chi connectivity index (χ0) is 18.4.